The number of rotatable bonds is 8. The second kappa shape index (κ2) is 9.46. The Kier molecular flexibility index (Phi) is 7.15. The van der Waals surface area contributed by atoms with Crippen LogP contribution in [0.3, 0.4) is 0 Å². The lowest BCUT2D eigenvalue weighted by Gasteiger charge is -2.18. The molecule has 4 rings (SSSR count). The summed E-state index contributed by atoms with van der Waals surface area (Å²) in [5, 5.41) is 24.1. The van der Waals surface area contributed by atoms with Crippen molar-refractivity contribution < 1.29 is 42.7 Å². The summed E-state index contributed by atoms with van der Waals surface area (Å²) in [6.07, 6.45) is 0.0866. The Hall–Kier alpha value is -1.18. The maximum absolute atomic E-state index is 11.8. The van der Waals surface area contributed by atoms with E-state index in [0.717, 1.165) is 25.7 Å². The predicted molar refractivity (Wildman–Crippen MR) is 115 cm³/mol. The van der Waals surface area contributed by atoms with Gasteiger partial charge >= 0.3 is 15.4 Å². The number of ether oxygens (including phenoxy) is 1. The smallest absolute Gasteiger partial charge is 0.387 e. The second-order valence-corrected chi connectivity index (χ2v) is 11.8. The first-order chi connectivity index (χ1) is 15.4. The van der Waals surface area contributed by atoms with Crippen LogP contribution in [0.2, 0.25) is 5.28 Å². The van der Waals surface area contributed by atoms with Gasteiger partial charge in [0, 0.05) is 12.7 Å². The molecule has 1 aliphatic heterocycles. The number of phosphoric ester groups is 1. The van der Waals surface area contributed by atoms with Crippen molar-refractivity contribution in [2.24, 2.45) is 0 Å². The molecule has 0 spiro atoms. The van der Waals surface area contributed by atoms with Crippen molar-refractivity contribution in [2.45, 2.75) is 56.3 Å². The van der Waals surface area contributed by atoms with Gasteiger partial charge in [-0.15, -0.1) is 0 Å². The number of phosphoric acid groups is 1. The molecule has 1 aliphatic carbocycles. The molecule has 184 valence electrons. The fraction of sp³-hybridized carbons (Fsp3) is 0.688. The summed E-state index contributed by atoms with van der Waals surface area (Å²) < 4.78 is 38.8. The fourth-order valence-corrected chi connectivity index (χ4v) is 6.14. The van der Waals surface area contributed by atoms with E-state index in [1.54, 1.807) is 0 Å². The van der Waals surface area contributed by atoms with Gasteiger partial charge in [-0.1, -0.05) is 12.8 Å². The highest BCUT2D eigenvalue weighted by atomic mass is 35.5. The van der Waals surface area contributed by atoms with E-state index in [9.17, 15) is 24.2 Å². The number of aromatic nitrogens is 4. The quantitative estimate of drug-likeness (QED) is 0.244. The molecular weight excluding hydrogens is 504 g/mol. The fourth-order valence-electron chi connectivity index (χ4n) is 3.92. The molecule has 2 aromatic rings. The number of nitrogens with one attached hydrogen (secondary N) is 1. The Morgan fingerprint density at radius 3 is 2.61 bits per heavy atom. The average molecular weight is 528 g/mol. The highest BCUT2D eigenvalue weighted by Gasteiger charge is 2.46. The van der Waals surface area contributed by atoms with Crippen molar-refractivity contribution >= 4 is 44.0 Å². The van der Waals surface area contributed by atoms with Gasteiger partial charge in [-0.05, 0) is 24.4 Å². The summed E-state index contributed by atoms with van der Waals surface area (Å²) >= 11 is 6.10. The van der Waals surface area contributed by atoms with Gasteiger partial charge in [-0.3, -0.25) is 13.7 Å². The highest BCUT2D eigenvalue weighted by Crippen LogP contribution is 2.58. The van der Waals surface area contributed by atoms with Crippen molar-refractivity contribution in [2.75, 3.05) is 18.6 Å². The number of imidazole rings is 1. The van der Waals surface area contributed by atoms with Crippen LogP contribution >= 0.6 is 27.0 Å². The zero-order valence-corrected chi connectivity index (χ0v) is 19.9. The number of hydrogen-bond acceptors (Lipinski definition) is 11. The molecule has 1 saturated carbocycles. The van der Waals surface area contributed by atoms with Crippen molar-refractivity contribution in [3.8, 4) is 0 Å². The summed E-state index contributed by atoms with van der Waals surface area (Å²) in [5.41, 5.74) is 0.642. The number of anilines is 1. The van der Waals surface area contributed by atoms with Crippen LogP contribution < -0.4 is 5.32 Å². The van der Waals surface area contributed by atoms with E-state index in [2.05, 4.69) is 29.1 Å². The standard InChI is InChI=1S/C16H24ClN5O9P2/c1-32(25,26)31-33(27,28)29-6-9-11(23)12(24)15(30-9)22-7-18-10-13(19-8-4-2-3-5-8)20-16(17)21-14(10)22/h7-9,11-12,15,23-24H,2-6H2,1H3,(H,25,26)(H,27,28)(H,19,20,21)/t9-,11-,12-,15-/m1/s1. The van der Waals surface area contributed by atoms with Crippen LogP contribution in [0.1, 0.15) is 31.9 Å². The predicted octanol–water partition coefficient (Wildman–Crippen LogP) is 1.40. The van der Waals surface area contributed by atoms with Crippen LogP contribution in [0.25, 0.3) is 11.2 Å². The van der Waals surface area contributed by atoms with Crippen LogP contribution in [0.15, 0.2) is 6.33 Å². The normalized spacial score (nSPS) is 29.9. The van der Waals surface area contributed by atoms with Crippen molar-refractivity contribution in [3.05, 3.63) is 11.6 Å². The first-order valence-electron chi connectivity index (χ1n) is 10.1. The van der Waals surface area contributed by atoms with Crippen molar-refractivity contribution in [1.82, 2.24) is 19.5 Å². The van der Waals surface area contributed by atoms with E-state index in [0.29, 0.717) is 18.0 Å². The summed E-state index contributed by atoms with van der Waals surface area (Å²) in [4.78, 5) is 31.4. The number of fused-ring (bicyclic) bond motifs is 1. The van der Waals surface area contributed by atoms with E-state index < -0.39 is 46.6 Å². The zero-order valence-electron chi connectivity index (χ0n) is 17.4. The Morgan fingerprint density at radius 2 is 1.94 bits per heavy atom. The minimum Gasteiger partial charge on any atom is -0.387 e. The first kappa shape index (κ1) is 24.9. The SMILES string of the molecule is CP(=O)(O)OP(=O)(O)OC[C@H]1O[C@@H](n2cnc3c(NC4CCCC4)nc(Cl)nc32)[C@H](O)[C@@H]1O. The molecule has 33 heavy (non-hydrogen) atoms. The molecular formula is C16H24ClN5O9P2. The van der Waals surface area contributed by atoms with Gasteiger partial charge in [0.2, 0.25) is 5.28 Å². The maximum Gasteiger partial charge on any atom is 0.479 e. The van der Waals surface area contributed by atoms with E-state index in [1.807, 2.05) is 0 Å². The molecule has 0 amide bonds. The van der Waals surface area contributed by atoms with Crippen molar-refractivity contribution in [3.63, 3.8) is 0 Å². The lowest BCUT2D eigenvalue weighted by molar-refractivity contribution is -0.0501. The van der Waals surface area contributed by atoms with Crippen LogP contribution in [0.4, 0.5) is 5.82 Å². The minimum atomic E-state index is -4.91. The van der Waals surface area contributed by atoms with Crippen LogP contribution in [0.5, 0.6) is 0 Å². The Labute approximate surface area is 193 Å². The largest absolute Gasteiger partial charge is 0.479 e. The molecule has 0 radical (unpaired) electrons. The molecule has 14 nitrogen and oxygen atoms in total. The lowest BCUT2D eigenvalue weighted by Crippen LogP contribution is -2.33. The van der Waals surface area contributed by atoms with Gasteiger partial charge in [0.1, 0.15) is 18.3 Å². The molecule has 2 aliphatic rings. The number of aliphatic hydroxyl groups is 2. The number of halogens is 1. The van der Waals surface area contributed by atoms with Crippen LogP contribution in [-0.2, 0) is 22.7 Å². The monoisotopic (exact) mass is 527 g/mol. The van der Waals surface area contributed by atoms with E-state index in [-0.39, 0.29) is 17.0 Å². The summed E-state index contributed by atoms with van der Waals surface area (Å²) in [6.45, 7) is 0.00621. The molecule has 2 aromatic heterocycles. The van der Waals surface area contributed by atoms with E-state index in [1.165, 1.54) is 10.9 Å². The molecule has 0 bridgehead atoms. The molecule has 2 fully saturated rings. The lowest BCUT2D eigenvalue weighted by atomic mass is 10.1. The van der Waals surface area contributed by atoms with Gasteiger partial charge in [0.15, 0.2) is 23.2 Å². The Bertz CT molecular complexity index is 1110. The first-order valence-corrected chi connectivity index (χ1v) is 14.0. The average Bonchev–Trinajstić information content (AvgIpc) is 3.40. The number of nitrogens with zero attached hydrogens (tertiary/aromatic N) is 4. The Balaban J connectivity index is 1.53. The molecule has 6 atom stereocenters. The second-order valence-electron chi connectivity index (χ2n) is 7.99. The molecule has 3 heterocycles. The van der Waals surface area contributed by atoms with Gasteiger partial charge in [0.25, 0.3) is 0 Å². The van der Waals surface area contributed by atoms with E-state index >= 15 is 0 Å². The minimum absolute atomic E-state index is 0.0518. The van der Waals surface area contributed by atoms with E-state index in [4.69, 9.17) is 21.2 Å². The molecule has 5 N–H and O–H groups in total. The molecule has 1 saturated heterocycles. The number of aliphatic hydroxyl groups excluding tert-OH is 2. The summed E-state index contributed by atoms with van der Waals surface area (Å²) in [5.74, 6) is 0.440. The van der Waals surface area contributed by atoms with Gasteiger partial charge in [-0.25, -0.2) is 13.9 Å². The summed E-state index contributed by atoms with van der Waals surface area (Å²) in [7, 11) is -9.22. The van der Waals surface area contributed by atoms with Crippen molar-refractivity contribution in [1.29, 1.82) is 0 Å². The number of hydrogen-bond donors (Lipinski definition) is 5. The third-order valence-corrected chi connectivity index (χ3v) is 8.04. The third-order valence-electron chi connectivity index (χ3n) is 5.36. The van der Waals surface area contributed by atoms with Gasteiger partial charge in [0.05, 0.1) is 12.9 Å². The third kappa shape index (κ3) is 5.73. The van der Waals surface area contributed by atoms with Gasteiger partial charge in [-0.2, -0.15) is 9.97 Å². The maximum atomic E-state index is 11.8. The highest BCUT2D eigenvalue weighted by molar-refractivity contribution is 7.63. The van der Waals surface area contributed by atoms with Crippen LogP contribution in [-0.4, -0.2) is 77.1 Å². The topological polar surface area (TPSA) is 198 Å². The Morgan fingerprint density at radius 1 is 1.24 bits per heavy atom. The summed E-state index contributed by atoms with van der Waals surface area (Å²) in [6, 6.07) is 0.231. The van der Waals surface area contributed by atoms with Crippen LogP contribution in [0, 0.1) is 0 Å². The molecule has 2 unspecified atom stereocenters. The zero-order chi connectivity index (χ0) is 24.0. The van der Waals surface area contributed by atoms with Gasteiger partial charge < -0.3 is 30.1 Å². The molecule has 17 heteroatoms. The molecule has 0 aromatic carbocycles.